The van der Waals surface area contributed by atoms with Gasteiger partial charge in [0.25, 0.3) is 5.69 Å². The molecule has 0 spiro atoms. The highest BCUT2D eigenvalue weighted by Gasteiger charge is 2.08. The van der Waals surface area contributed by atoms with E-state index in [4.69, 9.17) is 38.8 Å². The van der Waals surface area contributed by atoms with Gasteiger partial charge < -0.3 is 15.6 Å². The third-order valence-electron chi connectivity index (χ3n) is 2.57. The number of aliphatic carboxylic acids is 1. The van der Waals surface area contributed by atoms with E-state index in [-0.39, 0.29) is 37.5 Å². The second kappa shape index (κ2) is 12.2. The van der Waals surface area contributed by atoms with Gasteiger partial charge in [-0.2, -0.15) is 0 Å². The molecule has 0 unspecified atom stereocenters. The topological polar surface area (TPSA) is 150 Å². The van der Waals surface area contributed by atoms with E-state index in [0.29, 0.717) is 5.56 Å². The van der Waals surface area contributed by atoms with Crippen molar-refractivity contribution in [1.29, 1.82) is 0 Å². The lowest BCUT2D eigenvalue weighted by atomic mass is 10.2. The first-order chi connectivity index (χ1) is 11.7. The minimum atomic E-state index is -1.29. The summed E-state index contributed by atoms with van der Waals surface area (Å²) in [6.07, 6.45) is 0.0542. The van der Waals surface area contributed by atoms with E-state index >= 15 is 0 Å². The molecule has 0 atom stereocenters. The van der Waals surface area contributed by atoms with Gasteiger partial charge in [0.05, 0.1) is 17.9 Å². The average molecular weight is 395 g/mol. The Labute approximate surface area is 152 Å². The Balaban J connectivity index is 0.000000823. The maximum absolute atomic E-state index is 11.3. The van der Waals surface area contributed by atoms with Gasteiger partial charge in [0, 0.05) is 18.6 Å². The van der Waals surface area contributed by atoms with Gasteiger partial charge in [0.15, 0.2) is 0 Å². The fraction of sp³-hybridized carbons (Fsp3) is 0.357. The van der Waals surface area contributed by atoms with E-state index in [1.54, 1.807) is 0 Å². The Hall–Kier alpha value is -2.23. The molecule has 25 heavy (non-hydrogen) atoms. The van der Waals surface area contributed by atoms with E-state index in [1.807, 2.05) is 0 Å². The number of carboxylic acid groups (broad SMARTS) is 1. The number of carbonyl (C=O) groups is 3. The van der Waals surface area contributed by atoms with E-state index in [2.05, 4.69) is 0 Å². The van der Waals surface area contributed by atoms with Crippen LogP contribution in [0.2, 0.25) is 0 Å². The van der Waals surface area contributed by atoms with Crippen molar-refractivity contribution < 1.29 is 29.2 Å². The lowest BCUT2D eigenvalue weighted by molar-refractivity contribution is -0.384. The van der Waals surface area contributed by atoms with Crippen molar-refractivity contribution in [2.24, 2.45) is 5.73 Å². The van der Waals surface area contributed by atoms with E-state index < -0.39 is 21.7 Å². The molecule has 9 nitrogen and oxygen atoms in total. The van der Waals surface area contributed by atoms with Crippen LogP contribution in [-0.2, 0) is 25.7 Å². The first-order valence-electron chi connectivity index (χ1n) is 6.79. The summed E-state index contributed by atoms with van der Waals surface area (Å²) in [5.74, 6) is -1.91. The molecule has 1 aromatic rings. The van der Waals surface area contributed by atoms with E-state index in [9.17, 15) is 24.5 Å². The fourth-order valence-corrected chi connectivity index (χ4v) is 1.29. The van der Waals surface area contributed by atoms with Gasteiger partial charge in [-0.15, -0.1) is 0 Å². The molecule has 0 radical (unpaired) electrons. The summed E-state index contributed by atoms with van der Waals surface area (Å²) in [5, 5.41) is 18.2. The Kier molecular flexibility index (Phi) is 11.1. The van der Waals surface area contributed by atoms with Crippen LogP contribution in [-0.4, -0.2) is 39.1 Å². The Morgan fingerprint density at radius 1 is 1.20 bits per heavy atom. The molecule has 3 N–H and O–H groups in total. The number of nitro groups is 1. The van der Waals surface area contributed by atoms with Gasteiger partial charge in [-0.05, 0) is 17.7 Å². The average Bonchev–Trinajstić information content (AvgIpc) is 2.58. The van der Waals surface area contributed by atoms with Crippen LogP contribution in [0.25, 0.3) is 0 Å². The number of ether oxygens (including phenoxy) is 1. The molecule has 0 amide bonds. The second-order valence-electron chi connectivity index (χ2n) is 4.47. The minimum absolute atomic E-state index is 0.0109. The zero-order chi connectivity index (χ0) is 19.4. The summed E-state index contributed by atoms with van der Waals surface area (Å²) in [7, 11) is 0. The van der Waals surface area contributed by atoms with Crippen LogP contribution in [0.15, 0.2) is 24.3 Å². The first kappa shape index (κ1) is 22.8. The van der Waals surface area contributed by atoms with Crippen molar-refractivity contribution in [1.82, 2.24) is 0 Å². The number of benzene rings is 1. The van der Waals surface area contributed by atoms with Crippen molar-refractivity contribution in [3.05, 3.63) is 39.9 Å². The number of nitro benzene ring substituents is 1. The van der Waals surface area contributed by atoms with Gasteiger partial charge >= 0.3 is 11.9 Å². The number of ketones is 1. The number of rotatable bonds is 8. The zero-order valence-electron chi connectivity index (χ0n) is 12.9. The lowest BCUT2D eigenvalue weighted by Gasteiger charge is -2.04. The SMILES string of the molecule is NCC(=O)CCC(=O)OCc1ccc([N+](=O)[O-])cc1.O=C(O)C(Cl)Cl. The highest BCUT2D eigenvalue weighted by atomic mass is 35.5. The van der Waals surface area contributed by atoms with Gasteiger partial charge in [-0.1, -0.05) is 23.2 Å². The third kappa shape index (κ3) is 11.0. The minimum Gasteiger partial charge on any atom is -0.479 e. The van der Waals surface area contributed by atoms with Crippen molar-refractivity contribution >= 4 is 46.6 Å². The molecule has 0 aliphatic carbocycles. The van der Waals surface area contributed by atoms with Crippen LogP contribution >= 0.6 is 23.2 Å². The highest BCUT2D eigenvalue weighted by Crippen LogP contribution is 2.12. The summed E-state index contributed by atoms with van der Waals surface area (Å²) in [6, 6.07) is 5.69. The Bertz CT molecular complexity index is 606. The zero-order valence-corrected chi connectivity index (χ0v) is 14.4. The standard InChI is InChI=1S/C12H14N2O5.C2H2Cl2O2/c13-7-11(15)5-6-12(16)19-8-9-1-3-10(4-2-9)14(17)18;3-1(4)2(5)6/h1-4H,5-8,13H2;1H,(H,5,6). The number of carbonyl (C=O) groups excluding carboxylic acids is 2. The molecule has 0 fully saturated rings. The van der Waals surface area contributed by atoms with Gasteiger partial charge in [-0.3, -0.25) is 19.7 Å². The molecule has 0 aliphatic heterocycles. The molecule has 0 saturated heterocycles. The molecule has 0 aromatic heterocycles. The summed E-state index contributed by atoms with van der Waals surface area (Å²) in [5.41, 5.74) is 5.72. The van der Waals surface area contributed by atoms with Gasteiger partial charge in [-0.25, -0.2) is 4.79 Å². The monoisotopic (exact) mass is 394 g/mol. The van der Waals surface area contributed by atoms with Crippen LogP contribution in [0.1, 0.15) is 18.4 Å². The lowest BCUT2D eigenvalue weighted by Crippen LogP contribution is -2.15. The van der Waals surface area contributed by atoms with Crippen molar-refractivity contribution in [2.45, 2.75) is 24.3 Å². The summed E-state index contributed by atoms with van der Waals surface area (Å²) in [6.45, 7) is -0.0662. The quantitative estimate of drug-likeness (QED) is 0.293. The predicted octanol–water partition coefficient (Wildman–Crippen LogP) is 1.82. The second-order valence-corrected chi connectivity index (χ2v) is 5.56. The van der Waals surface area contributed by atoms with Gasteiger partial charge in [0.2, 0.25) is 4.84 Å². The number of hydrogen-bond acceptors (Lipinski definition) is 7. The van der Waals surface area contributed by atoms with Gasteiger partial charge in [0.1, 0.15) is 12.4 Å². The molecule has 0 heterocycles. The number of non-ortho nitro benzene ring substituents is 1. The maximum Gasteiger partial charge on any atom is 0.337 e. The van der Waals surface area contributed by atoms with Crippen LogP contribution < -0.4 is 5.73 Å². The third-order valence-corrected chi connectivity index (χ3v) is 2.94. The van der Waals surface area contributed by atoms with Crippen molar-refractivity contribution in [3.8, 4) is 0 Å². The molecule has 0 bridgehead atoms. The van der Waals surface area contributed by atoms with E-state index in [1.165, 1.54) is 24.3 Å². The smallest absolute Gasteiger partial charge is 0.337 e. The molecule has 0 aliphatic rings. The Morgan fingerprint density at radius 2 is 1.72 bits per heavy atom. The Morgan fingerprint density at radius 3 is 2.12 bits per heavy atom. The normalized spacial score (nSPS) is 9.76. The largest absolute Gasteiger partial charge is 0.479 e. The maximum atomic E-state index is 11.3. The number of carboxylic acids is 1. The van der Waals surface area contributed by atoms with Crippen LogP contribution in [0, 0.1) is 10.1 Å². The summed E-state index contributed by atoms with van der Waals surface area (Å²) >= 11 is 9.56. The predicted molar refractivity (Wildman–Crippen MR) is 89.3 cm³/mol. The molecular formula is C14H16Cl2N2O7. The number of nitrogens with two attached hydrogens (primary N) is 1. The number of alkyl halides is 2. The number of nitrogens with zero attached hydrogens (tertiary/aromatic N) is 1. The van der Waals surface area contributed by atoms with Crippen LogP contribution in [0.3, 0.4) is 0 Å². The molecule has 1 aromatic carbocycles. The first-order valence-corrected chi connectivity index (χ1v) is 7.66. The number of Topliss-reactive ketones (excluding diaryl/α,β-unsaturated/α-hetero) is 1. The molecule has 138 valence electrons. The molecule has 0 saturated carbocycles. The van der Waals surface area contributed by atoms with Crippen molar-refractivity contribution in [2.75, 3.05) is 6.54 Å². The highest BCUT2D eigenvalue weighted by molar-refractivity contribution is 6.52. The fourth-order valence-electron chi connectivity index (χ4n) is 1.29. The number of hydrogen-bond donors (Lipinski definition) is 2. The number of esters is 1. The molecule has 11 heteroatoms. The summed E-state index contributed by atoms with van der Waals surface area (Å²) < 4.78 is 4.92. The van der Waals surface area contributed by atoms with Crippen LogP contribution in [0.4, 0.5) is 5.69 Å². The van der Waals surface area contributed by atoms with Crippen LogP contribution in [0.5, 0.6) is 0 Å². The molecular weight excluding hydrogens is 379 g/mol. The number of halogens is 2. The van der Waals surface area contributed by atoms with Crippen molar-refractivity contribution in [3.63, 3.8) is 0 Å². The molecule has 1 rings (SSSR count). The van der Waals surface area contributed by atoms with E-state index in [0.717, 1.165) is 0 Å². The summed E-state index contributed by atoms with van der Waals surface area (Å²) in [4.78, 5) is 40.3.